The Labute approximate surface area is 191 Å². The van der Waals surface area contributed by atoms with E-state index in [4.69, 9.17) is 9.47 Å². The van der Waals surface area contributed by atoms with E-state index in [0.717, 1.165) is 38.0 Å². The highest BCUT2D eigenvalue weighted by molar-refractivity contribution is 5.78. The fourth-order valence-electron chi connectivity index (χ4n) is 5.23. The number of amides is 2. The van der Waals surface area contributed by atoms with E-state index < -0.39 is 0 Å². The molecule has 1 aliphatic heterocycles. The molecule has 1 heterocycles. The van der Waals surface area contributed by atoms with Crippen molar-refractivity contribution in [2.75, 3.05) is 34.5 Å². The Morgan fingerprint density at radius 2 is 1.66 bits per heavy atom. The van der Waals surface area contributed by atoms with Gasteiger partial charge in [0.15, 0.2) is 6.79 Å². The van der Waals surface area contributed by atoms with Crippen LogP contribution in [0.2, 0.25) is 0 Å². The van der Waals surface area contributed by atoms with Gasteiger partial charge in [-0.2, -0.15) is 0 Å². The third-order valence-electron chi connectivity index (χ3n) is 7.27. The highest BCUT2D eigenvalue weighted by Crippen LogP contribution is 2.46. The molecule has 2 amide bonds. The number of nitrogens with one attached hydrogen (secondary N) is 1. The summed E-state index contributed by atoms with van der Waals surface area (Å²) < 4.78 is 10.6. The maximum absolute atomic E-state index is 12.8. The summed E-state index contributed by atoms with van der Waals surface area (Å²) in [4.78, 5) is 17.1. The summed E-state index contributed by atoms with van der Waals surface area (Å²) >= 11 is 0. The standard InChI is InChI=1S/C26H35N3O3/c1-20-5-7-21(8-6-20)17-29-18-25(27-24(29)30)13-15-26(16-14-25,28(2)3)22-9-11-23(12-10-22)32-19-31-4/h5-12H,13-19H2,1-4H3,(H,27,30)/t25-,26+. The summed E-state index contributed by atoms with van der Waals surface area (Å²) in [5.41, 5.74) is 3.53. The number of urea groups is 1. The number of hydrogen-bond acceptors (Lipinski definition) is 4. The SMILES string of the molecule is COCOc1ccc([C@]2(N(C)C)CC[C@@]3(CC2)CN(Cc2ccc(C)cc2)C(=O)N3)cc1. The normalized spacial score (nSPS) is 25.4. The first-order chi connectivity index (χ1) is 15.4. The van der Waals surface area contributed by atoms with Gasteiger partial charge in [0.2, 0.25) is 0 Å². The van der Waals surface area contributed by atoms with Crippen molar-refractivity contribution in [1.82, 2.24) is 15.1 Å². The number of hydrogen-bond donors (Lipinski definition) is 1. The lowest BCUT2D eigenvalue weighted by atomic mass is 9.69. The lowest BCUT2D eigenvalue weighted by Gasteiger charge is -2.48. The second-order valence-corrected chi connectivity index (χ2v) is 9.55. The van der Waals surface area contributed by atoms with E-state index in [1.54, 1.807) is 7.11 Å². The third kappa shape index (κ3) is 4.48. The Kier molecular flexibility index (Phi) is 6.45. The van der Waals surface area contributed by atoms with Gasteiger partial charge in [-0.25, -0.2) is 4.79 Å². The topological polar surface area (TPSA) is 54.0 Å². The average Bonchev–Trinajstić information content (AvgIpc) is 3.09. The predicted molar refractivity (Wildman–Crippen MR) is 126 cm³/mol. The van der Waals surface area contributed by atoms with Crippen molar-refractivity contribution in [2.45, 2.75) is 50.2 Å². The lowest BCUT2D eigenvalue weighted by Crippen LogP contribution is -2.54. The van der Waals surface area contributed by atoms with Crippen LogP contribution in [-0.2, 0) is 16.8 Å². The summed E-state index contributed by atoms with van der Waals surface area (Å²) in [5.74, 6) is 0.812. The smallest absolute Gasteiger partial charge is 0.318 e. The maximum Gasteiger partial charge on any atom is 0.318 e. The summed E-state index contributed by atoms with van der Waals surface area (Å²) in [6, 6.07) is 16.9. The summed E-state index contributed by atoms with van der Waals surface area (Å²) in [6.45, 7) is 3.77. The maximum atomic E-state index is 12.8. The van der Waals surface area contributed by atoms with Gasteiger partial charge in [0.25, 0.3) is 0 Å². The summed E-state index contributed by atoms with van der Waals surface area (Å²) in [7, 11) is 5.94. The first kappa shape index (κ1) is 22.6. The number of ether oxygens (including phenoxy) is 2. The van der Waals surface area contributed by atoms with E-state index in [1.165, 1.54) is 16.7 Å². The van der Waals surface area contributed by atoms with Crippen LogP contribution < -0.4 is 10.1 Å². The molecule has 0 atom stereocenters. The van der Waals surface area contributed by atoms with E-state index in [-0.39, 0.29) is 23.9 Å². The van der Waals surface area contributed by atoms with Gasteiger partial charge in [-0.05, 0) is 70.0 Å². The van der Waals surface area contributed by atoms with Gasteiger partial charge in [0.1, 0.15) is 5.75 Å². The molecule has 2 aromatic rings. The van der Waals surface area contributed by atoms with E-state index in [2.05, 4.69) is 67.6 Å². The van der Waals surface area contributed by atoms with Crippen LogP contribution in [0.3, 0.4) is 0 Å². The van der Waals surface area contributed by atoms with Crippen LogP contribution in [0.5, 0.6) is 5.75 Å². The van der Waals surface area contributed by atoms with Crippen molar-refractivity contribution in [3.8, 4) is 5.75 Å². The molecule has 1 spiro atoms. The Morgan fingerprint density at radius 1 is 1.00 bits per heavy atom. The van der Waals surface area contributed by atoms with Crippen molar-refractivity contribution in [2.24, 2.45) is 0 Å². The van der Waals surface area contributed by atoms with Gasteiger partial charge in [-0.3, -0.25) is 4.90 Å². The number of methoxy groups -OCH3 is 1. The number of benzene rings is 2. The predicted octanol–water partition coefficient (Wildman–Crippen LogP) is 4.27. The first-order valence-electron chi connectivity index (χ1n) is 11.4. The summed E-state index contributed by atoms with van der Waals surface area (Å²) in [6.07, 6.45) is 3.92. The molecule has 0 bridgehead atoms. The van der Waals surface area contributed by atoms with Crippen LogP contribution in [0.1, 0.15) is 42.4 Å². The Bertz CT molecular complexity index is 916. The van der Waals surface area contributed by atoms with Crippen LogP contribution in [0, 0.1) is 6.92 Å². The number of carbonyl (C=O) groups excluding carboxylic acids is 1. The van der Waals surface area contributed by atoms with Crippen LogP contribution >= 0.6 is 0 Å². The number of aryl methyl sites for hydroxylation is 1. The molecule has 0 radical (unpaired) electrons. The van der Waals surface area contributed by atoms with E-state index in [9.17, 15) is 4.79 Å². The monoisotopic (exact) mass is 437 g/mol. The molecule has 2 fully saturated rings. The van der Waals surface area contributed by atoms with Gasteiger partial charge >= 0.3 is 6.03 Å². The average molecular weight is 438 g/mol. The molecule has 1 saturated heterocycles. The molecule has 2 aliphatic rings. The number of rotatable bonds is 7. The molecular weight excluding hydrogens is 402 g/mol. The van der Waals surface area contributed by atoms with Crippen LogP contribution in [-0.4, -0.2) is 55.9 Å². The van der Waals surface area contributed by atoms with E-state index in [0.29, 0.717) is 6.54 Å². The van der Waals surface area contributed by atoms with Crippen LogP contribution in [0.25, 0.3) is 0 Å². The molecule has 6 heteroatoms. The second-order valence-electron chi connectivity index (χ2n) is 9.55. The fourth-order valence-corrected chi connectivity index (χ4v) is 5.23. The van der Waals surface area contributed by atoms with Gasteiger partial charge in [-0.15, -0.1) is 0 Å². The van der Waals surface area contributed by atoms with Gasteiger partial charge in [-0.1, -0.05) is 42.0 Å². The zero-order valence-electron chi connectivity index (χ0n) is 19.7. The van der Waals surface area contributed by atoms with Crippen molar-refractivity contribution in [3.63, 3.8) is 0 Å². The molecule has 32 heavy (non-hydrogen) atoms. The molecule has 1 saturated carbocycles. The van der Waals surface area contributed by atoms with Crippen molar-refractivity contribution >= 4 is 6.03 Å². The van der Waals surface area contributed by atoms with Gasteiger partial charge < -0.3 is 19.7 Å². The minimum absolute atomic E-state index is 0.0415. The lowest BCUT2D eigenvalue weighted by molar-refractivity contribution is 0.0504. The van der Waals surface area contributed by atoms with E-state index in [1.807, 2.05) is 17.0 Å². The molecule has 1 aliphatic carbocycles. The van der Waals surface area contributed by atoms with E-state index >= 15 is 0 Å². The van der Waals surface area contributed by atoms with Crippen molar-refractivity contribution in [3.05, 3.63) is 65.2 Å². The van der Waals surface area contributed by atoms with Crippen molar-refractivity contribution in [1.29, 1.82) is 0 Å². The quantitative estimate of drug-likeness (QED) is 0.657. The zero-order chi connectivity index (χ0) is 22.8. The molecule has 4 rings (SSSR count). The molecule has 0 unspecified atom stereocenters. The minimum Gasteiger partial charge on any atom is -0.468 e. The Hall–Kier alpha value is -2.57. The highest BCUT2D eigenvalue weighted by atomic mass is 16.7. The van der Waals surface area contributed by atoms with Crippen LogP contribution in [0.15, 0.2) is 48.5 Å². The Balaban J connectivity index is 1.45. The number of carbonyl (C=O) groups is 1. The molecule has 0 aromatic heterocycles. The van der Waals surface area contributed by atoms with Gasteiger partial charge in [0.05, 0.1) is 5.54 Å². The third-order valence-corrected chi connectivity index (χ3v) is 7.27. The van der Waals surface area contributed by atoms with Crippen molar-refractivity contribution < 1.29 is 14.3 Å². The fraction of sp³-hybridized carbons (Fsp3) is 0.500. The molecule has 1 N–H and O–H groups in total. The van der Waals surface area contributed by atoms with Gasteiger partial charge in [0, 0.05) is 25.7 Å². The van der Waals surface area contributed by atoms with Crippen LogP contribution in [0.4, 0.5) is 4.79 Å². The highest BCUT2D eigenvalue weighted by Gasteiger charge is 2.49. The molecule has 6 nitrogen and oxygen atoms in total. The molecule has 172 valence electrons. The zero-order valence-corrected chi connectivity index (χ0v) is 19.7. The Morgan fingerprint density at radius 3 is 2.25 bits per heavy atom. The largest absolute Gasteiger partial charge is 0.468 e. The first-order valence-corrected chi connectivity index (χ1v) is 11.4. The number of nitrogens with zero attached hydrogens (tertiary/aromatic N) is 2. The molecule has 2 aromatic carbocycles. The minimum atomic E-state index is -0.136. The second kappa shape index (κ2) is 9.12. The summed E-state index contributed by atoms with van der Waals surface area (Å²) in [5, 5.41) is 3.35. The molecular formula is C26H35N3O3.